The Morgan fingerprint density at radius 1 is 1.03 bits per heavy atom. The van der Waals surface area contributed by atoms with E-state index in [1.165, 1.54) is 17.8 Å². The Morgan fingerprint density at radius 3 is 2.46 bits per heavy atom. The minimum Gasteiger partial charge on any atom is -0.369 e. The highest BCUT2D eigenvalue weighted by atomic mass is 32.1. The van der Waals surface area contributed by atoms with Gasteiger partial charge >= 0.3 is 0 Å². The molecule has 0 amide bonds. The van der Waals surface area contributed by atoms with Gasteiger partial charge in [0, 0.05) is 60.6 Å². The fraction of sp³-hybridized carbons (Fsp3) is 0.231. The van der Waals surface area contributed by atoms with Crippen LogP contribution in [0.15, 0.2) is 60.2 Å². The van der Waals surface area contributed by atoms with Crippen LogP contribution in [0.1, 0.15) is 18.1 Å². The molecule has 1 saturated heterocycles. The summed E-state index contributed by atoms with van der Waals surface area (Å²) >= 11 is 1.59. The van der Waals surface area contributed by atoms with Gasteiger partial charge in [-0.25, -0.2) is 9.97 Å². The summed E-state index contributed by atoms with van der Waals surface area (Å²) in [5.74, 6) is 0.777. The molecule has 35 heavy (non-hydrogen) atoms. The number of fused-ring (bicyclic) bond motifs is 1. The second-order valence-corrected chi connectivity index (χ2v) is 9.25. The highest BCUT2D eigenvalue weighted by Crippen LogP contribution is 2.32. The lowest BCUT2D eigenvalue weighted by molar-refractivity contribution is -0.384. The lowest BCUT2D eigenvalue weighted by atomic mass is 10.1. The zero-order valence-electron chi connectivity index (χ0n) is 19.4. The Morgan fingerprint density at radius 2 is 1.77 bits per heavy atom. The number of hydrogen-bond acceptors (Lipinski definition) is 8. The van der Waals surface area contributed by atoms with E-state index in [1.807, 2.05) is 17.5 Å². The van der Waals surface area contributed by atoms with Gasteiger partial charge < -0.3 is 15.1 Å². The molecule has 2 aromatic heterocycles. The van der Waals surface area contributed by atoms with Crippen LogP contribution in [0.3, 0.4) is 0 Å². The van der Waals surface area contributed by atoms with Crippen LogP contribution < -0.4 is 10.2 Å². The van der Waals surface area contributed by atoms with E-state index in [0.717, 1.165) is 65.6 Å². The van der Waals surface area contributed by atoms with E-state index in [9.17, 15) is 10.1 Å². The maximum absolute atomic E-state index is 10.8. The Hall–Kier alpha value is -3.82. The van der Waals surface area contributed by atoms with Crippen molar-refractivity contribution < 1.29 is 4.92 Å². The van der Waals surface area contributed by atoms with Gasteiger partial charge in [0.25, 0.3) is 5.69 Å². The first kappa shape index (κ1) is 22.9. The molecule has 0 unspecified atom stereocenters. The van der Waals surface area contributed by atoms with Gasteiger partial charge in [-0.3, -0.25) is 10.1 Å². The van der Waals surface area contributed by atoms with Crippen molar-refractivity contribution in [2.24, 2.45) is 0 Å². The summed E-state index contributed by atoms with van der Waals surface area (Å²) < 4.78 is 0.982. The normalized spacial score (nSPS) is 14.6. The fourth-order valence-electron chi connectivity index (χ4n) is 4.18. The average molecular weight is 487 g/mol. The number of hydrogen-bond donors (Lipinski definition) is 1. The number of thiophene rings is 1. The molecule has 8 nitrogen and oxygen atoms in total. The lowest BCUT2D eigenvalue weighted by Gasteiger charge is -2.35. The topological polar surface area (TPSA) is 87.4 Å². The van der Waals surface area contributed by atoms with E-state index in [4.69, 9.17) is 0 Å². The first-order valence-electron chi connectivity index (χ1n) is 11.6. The molecule has 178 valence electrons. The number of aromatic nitrogens is 2. The minimum atomic E-state index is -0.396. The monoisotopic (exact) mass is 486 g/mol. The van der Waals surface area contributed by atoms with E-state index in [2.05, 4.69) is 56.3 Å². The second kappa shape index (κ2) is 10.2. The zero-order valence-corrected chi connectivity index (χ0v) is 20.2. The molecule has 0 saturated carbocycles. The first-order valence-corrected chi connectivity index (χ1v) is 12.5. The molecule has 1 N–H and O–H groups in total. The van der Waals surface area contributed by atoms with E-state index >= 15 is 0 Å². The van der Waals surface area contributed by atoms with Crippen molar-refractivity contribution in [2.75, 3.05) is 42.9 Å². The molecule has 9 heteroatoms. The maximum atomic E-state index is 10.8. The van der Waals surface area contributed by atoms with Crippen LogP contribution >= 0.6 is 11.3 Å². The van der Waals surface area contributed by atoms with Crippen LogP contribution in [0.5, 0.6) is 0 Å². The summed E-state index contributed by atoms with van der Waals surface area (Å²) in [6, 6.07) is 15.0. The number of likely N-dealkylation sites (N-methyl/N-ethyl adjacent to an activating group) is 1. The number of rotatable bonds is 7. The predicted molar refractivity (Wildman–Crippen MR) is 143 cm³/mol. The van der Waals surface area contributed by atoms with Crippen molar-refractivity contribution in [1.29, 1.82) is 0 Å². The van der Waals surface area contributed by atoms with Crippen LogP contribution in [0, 0.1) is 10.1 Å². The zero-order chi connectivity index (χ0) is 24.2. The Labute approximate surface area is 207 Å². The fourth-order valence-corrected chi connectivity index (χ4v) is 5.12. The van der Waals surface area contributed by atoms with Crippen molar-refractivity contribution in [3.8, 4) is 0 Å². The Balaban J connectivity index is 1.30. The first-order chi connectivity index (χ1) is 17.1. The van der Waals surface area contributed by atoms with Crippen molar-refractivity contribution in [3.05, 3.63) is 81.5 Å². The summed E-state index contributed by atoms with van der Waals surface area (Å²) in [6.45, 7) is 7.65. The van der Waals surface area contributed by atoms with E-state index in [-0.39, 0.29) is 5.69 Å². The molecule has 4 aromatic rings. The maximum Gasteiger partial charge on any atom is 0.269 e. The van der Waals surface area contributed by atoms with Gasteiger partial charge in [-0.05, 0) is 48.5 Å². The second-order valence-electron chi connectivity index (χ2n) is 8.37. The molecule has 3 heterocycles. The number of nitrogens with one attached hydrogen (secondary N) is 1. The van der Waals surface area contributed by atoms with Gasteiger partial charge in [0.05, 0.1) is 15.1 Å². The van der Waals surface area contributed by atoms with Gasteiger partial charge in [-0.1, -0.05) is 19.1 Å². The number of non-ortho nitro benzene ring substituents is 1. The predicted octanol–water partition coefficient (Wildman–Crippen LogP) is 5.66. The highest BCUT2D eigenvalue weighted by Gasteiger charge is 2.16. The molecule has 0 bridgehead atoms. The summed E-state index contributed by atoms with van der Waals surface area (Å²) in [4.78, 5) is 24.3. The highest BCUT2D eigenvalue weighted by molar-refractivity contribution is 7.18. The standard InChI is InChI=1S/C26H26N6O2S/c1-2-30-13-15-31(16-14-30)22-11-7-21(8-12-22)29-26-25-24(27-18-28-26)20(17-35-25)6-3-19-4-9-23(10-5-19)32(33)34/h3-12,17-18H,2,13-16H2,1H3,(H,27,28,29)/b6-3+. The Bertz CT molecular complexity index is 1340. The van der Waals surface area contributed by atoms with Gasteiger partial charge in [-0.15, -0.1) is 11.3 Å². The van der Waals surface area contributed by atoms with E-state index in [1.54, 1.807) is 29.8 Å². The average Bonchev–Trinajstić information content (AvgIpc) is 3.32. The van der Waals surface area contributed by atoms with Gasteiger partial charge in [0.2, 0.25) is 0 Å². The molecular formula is C26H26N6O2S. The number of benzene rings is 2. The Kier molecular flexibility index (Phi) is 6.69. The molecule has 0 aliphatic carbocycles. The lowest BCUT2D eigenvalue weighted by Crippen LogP contribution is -2.46. The van der Waals surface area contributed by atoms with Crippen molar-refractivity contribution in [2.45, 2.75) is 6.92 Å². The SMILES string of the molecule is CCN1CCN(c2ccc(Nc3ncnc4c(/C=C/c5ccc([N+](=O)[O-])cc5)csc34)cc2)CC1. The van der Waals surface area contributed by atoms with Crippen LogP contribution in [0.2, 0.25) is 0 Å². The molecule has 1 fully saturated rings. The molecule has 1 aliphatic rings. The number of nitro benzene ring substituents is 1. The third kappa shape index (κ3) is 5.16. The smallest absolute Gasteiger partial charge is 0.269 e. The molecule has 0 atom stereocenters. The molecule has 2 aromatic carbocycles. The van der Waals surface area contributed by atoms with Crippen molar-refractivity contribution >= 4 is 56.6 Å². The molecule has 0 spiro atoms. The van der Waals surface area contributed by atoms with Gasteiger partial charge in [0.15, 0.2) is 5.82 Å². The molecule has 5 rings (SSSR count). The van der Waals surface area contributed by atoms with E-state index < -0.39 is 4.92 Å². The number of nitrogens with zero attached hydrogens (tertiary/aromatic N) is 5. The molecule has 0 radical (unpaired) electrons. The summed E-state index contributed by atoms with van der Waals surface area (Å²) in [5.41, 5.74) is 5.05. The van der Waals surface area contributed by atoms with Crippen LogP contribution in [0.4, 0.5) is 22.9 Å². The third-order valence-corrected chi connectivity index (χ3v) is 7.25. The number of piperazine rings is 1. The van der Waals surface area contributed by atoms with Crippen LogP contribution in [0.25, 0.3) is 22.4 Å². The van der Waals surface area contributed by atoms with Gasteiger partial charge in [-0.2, -0.15) is 0 Å². The van der Waals surface area contributed by atoms with Gasteiger partial charge in [0.1, 0.15) is 6.33 Å². The largest absolute Gasteiger partial charge is 0.369 e. The number of nitro groups is 1. The van der Waals surface area contributed by atoms with Crippen LogP contribution in [-0.4, -0.2) is 52.5 Å². The van der Waals surface area contributed by atoms with Crippen LogP contribution in [-0.2, 0) is 0 Å². The minimum absolute atomic E-state index is 0.0821. The quantitative estimate of drug-likeness (QED) is 0.267. The number of anilines is 3. The molecular weight excluding hydrogens is 460 g/mol. The summed E-state index contributed by atoms with van der Waals surface area (Å²) in [7, 11) is 0. The van der Waals surface area contributed by atoms with Crippen molar-refractivity contribution in [3.63, 3.8) is 0 Å². The summed E-state index contributed by atoms with van der Waals surface area (Å²) in [5, 5.41) is 16.3. The molecule has 1 aliphatic heterocycles. The van der Waals surface area contributed by atoms with E-state index in [0.29, 0.717) is 0 Å². The third-order valence-electron chi connectivity index (χ3n) is 6.25. The van der Waals surface area contributed by atoms with Crippen molar-refractivity contribution in [1.82, 2.24) is 14.9 Å². The summed E-state index contributed by atoms with van der Waals surface area (Å²) in [6.07, 6.45) is 5.48.